The zero-order valence-electron chi connectivity index (χ0n) is 14.5. The van der Waals surface area contributed by atoms with Gasteiger partial charge in [0, 0.05) is 18.8 Å². The van der Waals surface area contributed by atoms with Gasteiger partial charge in [-0.2, -0.15) is 5.10 Å². The lowest BCUT2D eigenvalue weighted by Crippen LogP contribution is -2.35. The third kappa shape index (κ3) is 4.22. The van der Waals surface area contributed by atoms with E-state index in [2.05, 4.69) is 10.4 Å². The molecule has 0 radical (unpaired) electrons. The van der Waals surface area contributed by atoms with Crippen LogP contribution in [0.25, 0.3) is 0 Å². The third-order valence-electron chi connectivity index (χ3n) is 4.14. The Morgan fingerprint density at radius 3 is 2.38 bits per heavy atom. The fourth-order valence-electron chi connectivity index (χ4n) is 2.75. The van der Waals surface area contributed by atoms with Gasteiger partial charge in [-0.05, 0) is 50.5 Å². The summed E-state index contributed by atoms with van der Waals surface area (Å²) in [5, 5.41) is 16.3. The Morgan fingerprint density at radius 1 is 1.25 bits per heavy atom. The second kappa shape index (κ2) is 7.29. The Kier molecular flexibility index (Phi) is 5.39. The lowest BCUT2D eigenvalue weighted by atomic mass is 10.0. The summed E-state index contributed by atoms with van der Waals surface area (Å²) in [6.07, 6.45) is 0.963. The summed E-state index contributed by atoms with van der Waals surface area (Å²) in [7, 11) is 1.91. The Hall–Kier alpha value is -2.63. The molecular weight excluding hydrogens is 306 g/mol. The number of carbonyl (C=O) groups excluding carboxylic acids is 1. The van der Waals surface area contributed by atoms with Crippen molar-refractivity contribution in [3.05, 3.63) is 52.3 Å². The molecule has 1 atom stereocenters. The molecule has 1 heterocycles. The van der Waals surface area contributed by atoms with Gasteiger partial charge in [-0.1, -0.05) is 12.1 Å². The van der Waals surface area contributed by atoms with Gasteiger partial charge in [0.15, 0.2) is 0 Å². The molecular formula is C18H23N3O3. The molecule has 1 aromatic heterocycles. The van der Waals surface area contributed by atoms with Crippen LogP contribution in [0.5, 0.6) is 0 Å². The molecule has 0 spiro atoms. The molecule has 1 aromatic carbocycles. The van der Waals surface area contributed by atoms with Gasteiger partial charge < -0.3 is 10.4 Å². The molecule has 1 unspecified atom stereocenters. The molecule has 2 rings (SSSR count). The van der Waals surface area contributed by atoms with E-state index in [1.54, 1.807) is 12.1 Å². The first kappa shape index (κ1) is 17.7. The van der Waals surface area contributed by atoms with E-state index < -0.39 is 5.97 Å². The van der Waals surface area contributed by atoms with Crippen LogP contribution in [0, 0.1) is 13.8 Å². The van der Waals surface area contributed by atoms with Gasteiger partial charge in [-0.3, -0.25) is 9.48 Å². The van der Waals surface area contributed by atoms with Crippen molar-refractivity contribution >= 4 is 11.9 Å². The number of aryl methyl sites for hydroxylation is 2. The molecule has 24 heavy (non-hydrogen) atoms. The van der Waals surface area contributed by atoms with Crippen LogP contribution in [0.15, 0.2) is 24.3 Å². The van der Waals surface area contributed by atoms with Crippen molar-refractivity contribution in [1.29, 1.82) is 0 Å². The quantitative estimate of drug-likeness (QED) is 0.849. The van der Waals surface area contributed by atoms with Crippen LogP contribution >= 0.6 is 0 Å². The molecule has 0 aliphatic rings. The summed E-state index contributed by atoms with van der Waals surface area (Å²) in [6, 6.07) is 6.36. The Balaban J connectivity index is 1.92. The Morgan fingerprint density at radius 2 is 1.88 bits per heavy atom. The highest BCUT2D eigenvalue weighted by molar-refractivity contribution is 5.87. The number of rotatable bonds is 6. The van der Waals surface area contributed by atoms with Crippen LogP contribution in [0.1, 0.15) is 39.8 Å². The number of aromatic carboxylic acids is 1. The van der Waals surface area contributed by atoms with Crippen LogP contribution in [-0.2, 0) is 24.7 Å². The maximum absolute atomic E-state index is 12.2. The normalized spacial score (nSPS) is 12.0. The molecule has 1 amide bonds. The predicted molar refractivity (Wildman–Crippen MR) is 91.1 cm³/mol. The summed E-state index contributed by atoms with van der Waals surface area (Å²) in [4.78, 5) is 23.0. The second-order valence-electron chi connectivity index (χ2n) is 6.12. The number of aromatic nitrogens is 2. The molecule has 128 valence electrons. The van der Waals surface area contributed by atoms with E-state index in [0.717, 1.165) is 28.9 Å². The fourth-order valence-corrected chi connectivity index (χ4v) is 2.75. The van der Waals surface area contributed by atoms with E-state index in [-0.39, 0.29) is 23.9 Å². The number of hydrogen-bond acceptors (Lipinski definition) is 3. The molecule has 6 heteroatoms. The number of carboxylic acid groups (broad SMARTS) is 1. The van der Waals surface area contributed by atoms with Gasteiger partial charge in [0.1, 0.15) is 0 Å². The molecule has 2 aromatic rings. The van der Waals surface area contributed by atoms with Crippen molar-refractivity contribution in [2.75, 3.05) is 0 Å². The van der Waals surface area contributed by atoms with Gasteiger partial charge in [-0.25, -0.2) is 4.79 Å². The summed E-state index contributed by atoms with van der Waals surface area (Å²) in [5.74, 6) is -1.05. The number of amides is 1. The predicted octanol–water partition coefficient (Wildman–Crippen LogP) is 2.03. The smallest absolute Gasteiger partial charge is 0.335 e. The van der Waals surface area contributed by atoms with E-state index >= 15 is 0 Å². The van der Waals surface area contributed by atoms with E-state index in [1.165, 1.54) is 12.1 Å². The average molecular weight is 329 g/mol. The first-order valence-corrected chi connectivity index (χ1v) is 7.88. The van der Waals surface area contributed by atoms with E-state index in [9.17, 15) is 9.59 Å². The molecule has 0 saturated heterocycles. The number of benzene rings is 1. The molecule has 0 fully saturated rings. The van der Waals surface area contributed by atoms with E-state index in [0.29, 0.717) is 0 Å². The van der Waals surface area contributed by atoms with Gasteiger partial charge in [0.25, 0.3) is 0 Å². The van der Waals surface area contributed by atoms with Gasteiger partial charge >= 0.3 is 5.97 Å². The summed E-state index contributed by atoms with van der Waals surface area (Å²) >= 11 is 0. The van der Waals surface area contributed by atoms with Gasteiger partial charge in [0.05, 0.1) is 17.7 Å². The van der Waals surface area contributed by atoms with Crippen LogP contribution in [0.2, 0.25) is 0 Å². The highest BCUT2D eigenvalue weighted by Crippen LogP contribution is 2.14. The van der Waals surface area contributed by atoms with Crippen LogP contribution in [-0.4, -0.2) is 32.8 Å². The molecule has 6 nitrogen and oxygen atoms in total. The van der Waals surface area contributed by atoms with Gasteiger partial charge in [0.2, 0.25) is 5.91 Å². The topological polar surface area (TPSA) is 84.2 Å². The lowest BCUT2D eigenvalue weighted by molar-refractivity contribution is -0.121. The van der Waals surface area contributed by atoms with Crippen LogP contribution < -0.4 is 5.32 Å². The van der Waals surface area contributed by atoms with E-state index in [4.69, 9.17) is 5.11 Å². The minimum atomic E-state index is -0.971. The maximum Gasteiger partial charge on any atom is 0.335 e. The van der Waals surface area contributed by atoms with Crippen molar-refractivity contribution in [2.45, 2.75) is 39.7 Å². The van der Waals surface area contributed by atoms with Crippen molar-refractivity contribution in [2.24, 2.45) is 7.05 Å². The van der Waals surface area contributed by atoms with Crippen molar-refractivity contribution < 1.29 is 14.7 Å². The Labute approximate surface area is 141 Å². The zero-order chi connectivity index (χ0) is 17.9. The number of nitrogens with one attached hydrogen (secondary N) is 1. The lowest BCUT2D eigenvalue weighted by Gasteiger charge is -2.14. The monoisotopic (exact) mass is 329 g/mol. The summed E-state index contributed by atoms with van der Waals surface area (Å²) in [6.45, 7) is 5.96. The first-order valence-electron chi connectivity index (χ1n) is 7.88. The molecule has 0 aliphatic carbocycles. The van der Waals surface area contributed by atoms with Crippen LogP contribution in [0.3, 0.4) is 0 Å². The van der Waals surface area contributed by atoms with Crippen molar-refractivity contribution in [3.8, 4) is 0 Å². The fraction of sp³-hybridized carbons (Fsp3) is 0.389. The summed E-state index contributed by atoms with van der Waals surface area (Å²) in [5.41, 5.74) is 4.27. The molecule has 0 saturated carbocycles. The summed E-state index contributed by atoms with van der Waals surface area (Å²) < 4.78 is 1.85. The van der Waals surface area contributed by atoms with Gasteiger partial charge in [-0.15, -0.1) is 0 Å². The minimum Gasteiger partial charge on any atom is -0.478 e. The van der Waals surface area contributed by atoms with Crippen LogP contribution in [0.4, 0.5) is 0 Å². The Bertz CT molecular complexity index is 748. The zero-order valence-corrected chi connectivity index (χ0v) is 14.5. The highest BCUT2D eigenvalue weighted by atomic mass is 16.4. The second-order valence-corrected chi connectivity index (χ2v) is 6.12. The SMILES string of the molecule is Cc1nn(C)c(C)c1CC(C)NC(=O)Cc1ccc(C(=O)O)cc1. The van der Waals surface area contributed by atoms with E-state index in [1.807, 2.05) is 32.5 Å². The molecule has 0 aliphatic heterocycles. The standard InChI is InChI=1S/C18H23N3O3/c1-11(9-16-12(2)20-21(4)13(16)3)19-17(22)10-14-5-7-15(8-6-14)18(23)24/h5-8,11H,9-10H2,1-4H3,(H,19,22)(H,23,24). The third-order valence-corrected chi connectivity index (χ3v) is 4.14. The number of carboxylic acids is 1. The number of hydrogen-bond donors (Lipinski definition) is 2. The van der Waals surface area contributed by atoms with Crippen molar-refractivity contribution in [3.63, 3.8) is 0 Å². The molecule has 2 N–H and O–H groups in total. The number of carbonyl (C=O) groups is 2. The van der Waals surface area contributed by atoms with Crippen molar-refractivity contribution in [1.82, 2.24) is 15.1 Å². The average Bonchev–Trinajstić information content (AvgIpc) is 2.74. The first-order chi connectivity index (χ1) is 11.3. The highest BCUT2D eigenvalue weighted by Gasteiger charge is 2.15. The molecule has 0 bridgehead atoms. The number of nitrogens with zero attached hydrogens (tertiary/aromatic N) is 2. The minimum absolute atomic E-state index is 0.00241. The largest absolute Gasteiger partial charge is 0.478 e. The maximum atomic E-state index is 12.2.